The molecule has 1 aliphatic heterocycles. The average molecular weight is 318 g/mol. The van der Waals surface area contributed by atoms with Crippen molar-refractivity contribution in [3.8, 4) is 0 Å². The molecule has 0 bridgehead atoms. The van der Waals surface area contributed by atoms with Crippen molar-refractivity contribution in [1.82, 2.24) is 19.7 Å². The van der Waals surface area contributed by atoms with Crippen LogP contribution in [0.5, 0.6) is 0 Å². The van der Waals surface area contributed by atoms with Crippen LogP contribution in [0.2, 0.25) is 0 Å². The number of rotatable bonds is 3. The SMILES string of the molecule is Cc1nc([C@@H]2CCCN(C(=O)Cc3cnn(C)c3)C2)sc1C. The lowest BCUT2D eigenvalue weighted by atomic mass is 9.98. The minimum absolute atomic E-state index is 0.197. The standard InChI is InChI=1S/C16H22N4OS/c1-11-12(2)22-16(18-11)14-5-4-6-20(10-14)15(21)7-13-8-17-19(3)9-13/h8-9,14H,4-7,10H2,1-3H3/t14-/m1/s1. The van der Waals surface area contributed by atoms with E-state index in [0.717, 1.165) is 37.2 Å². The molecule has 0 spiro atoms. The van der Waals surface area contributed by atoms with Crippen LogP contribution in [0.3, 0.4) is 0 Å². The van der Waals surface area contributed by atoms with E-state index < -0.39 is 0 Å². The number of nitrogens with zero attached hydrogens (tertiary/aromatic N) is 4. The number of carbonyl (C=O) groups is 1. The molecule has 3 rings (SSSR count). The number of amides is 1. The average Bonchev–Trinajstić information content (AvgIpc) is 3.05. The van der Waals surface area contributed by atoms with Crippen molar-refractivity contribution in [3.63, 3.8) is 0 Å². The fourth-order valence-electron chi connectivity index (χ4n) is 2.93. The Morgan fingerprint density at radius 3 is 2.91 bits per heavy atom. The summed E-state index contributed by atoms with van der Waals surface area (Å²) in [6.45, 7) is 5.83. The monoisotopic (exact) mass is 318 g/mol. The van der Waals surface area contributed by atoms with Crippen molar-refractivity contribution in [2.24, 2.45) is 7.05 Å². The zero-order valence-corrected chi connectivity index (χ0v) is 14.2. The highest BCUT2D eigenvalue weighted by atomic mass is 32.1. The van der Waals surface area contributed by atoms with Crippen LogP contribution in [0.25, 0.3) is 0 Å². The van der Waals surface area contributed by atoms with Crippen molar-refractivity contribution >= 4 is 17.2 Å². The van der Waals surface area contributed by atoms with Gasteiger partial charge in [0.25, 0.3) is 0 Å². The predicted octanol–water partition coefficient (Wildman–Crippen LogP) is 2.44. The Hall–Kier alpha value is -1.69. The third kappa shape index (κ3) is 3.21. The lowest BCUT2D eigenvalue weighted by Gasteiger charge is -2.31. The Labute approximate surface area is 135 Å². The van der Waals surface area contributed by atoms with E-state index in [1.54, 1.807) is 22.2 Å². The highest BCUT2D eigenvalue weighted by Crippen LogP contribution is 2.31. The van der Waals surface area contributed by atoms with E-state index in [-0.39, 0.29) is 5.91 Å². The van der Waals surface area contributed by atoms with Gasteiger partial charge >= 0.3 is 0 Å². The fraction of sp³-hybridized carbons (Fsp3) is 0.562. The largest absolute Gasteiger partial charge is 0.342 e. The molecule has 1 amide bonds. The normalized spacial score (nSPS) is 18.7. The third-order valence-corrected chi connectivity index (χ3v) is 5.52. The summed E-state index contributed by atoms with van der Waals surface area (Å²) in [5, 5.41) is 5.32. The number of thiazole rings is 1. The summed E-state index contributed by atoms with van der Waals surface area (Å²) >= 11 is 1.78. The molecule has 2 aromatic rings. The van der Waals surface area contributed by atoms with Gasteiger partial charge in [0.1, 0.15) is 0 Å². The fourth-order valence-corrected chi connectivity index (χ4v) is 3.98. The van der Waals surface area contributed by atoms with Crippen LogP contribution in [0.15, 0.2) is 12.4 Å². The molecule has 1 fully saturated rings. The highest BCUT2D eigenvalue weighted by Gasteiger charge is 2.27. The Balaban J connectivity index is 1.66. The molecule has 22 heavy (non-hydrogen) atoms. The maximum Gasteiger partial charge on any atom is 0.227 e. The lowest BCUT2D eigenvalue weighted by Crippen LogP contribution is -2.39. The van der Waals surface area contributed by atoms with E-state index >= 15 is 0 Å². The molecule has 0 aromatic carbocycles. The van der Waals surface area contributed by atoms with Crippen LogP contribution in [-0.2, 0) is 18.3 Å². The number of aromatic nitrogens is 3. The van der Waals surface area contributed by atoms with Crippen LogP contribution in [0.4, 0.5) is 0 Å². The summed E-state index contributed by atoms with van der Waals surface area (Å²) in [5.41, 5.74) is 2.11. The first-order chi connectivity index (χ1) is 10.5. The van der Waals surface area contributed by atoms with Gasteiger partial charge in [0, 0.05) is 37.1 Å². The summed E-state index contributed by atoms with van der Waals surface area (Å²) in [6, 6.07) is 0. The quantitative estimate of drug-likeness (QED) is 0.873. The molecule has 3 heterocycles. The van der Waals surface area contributed by atoms with Gasteiger partial charge in [-0.3, -0.25) is 9.48 Å². The Morgan fingerprint density at radius 2 is 2.27 bits per heavy atom. The van der Waals surface area contributed by atoms with Crippen molar-refractivity contribution in [2.75, 3.05) is 13.1 Å². The molecule has 0 radical (unpaired) electrons. The van der Waals surface area contributed by atoms with Crippen LogP contribution < -0.4 is 0 Å². The Morgan fingerprint density at radius 1 is 1.45 bits per heavy atom. The number of carbonyl (C=O) groups excluding carboxylic acids is 1. The zero-order chi connectivity index (χ0) is 15.7. The molecule has 1 saturated heterocycles. The molecule has 5 nitrogen and oxygen atoms in total. The number of piperidine rings is 1. The molecule has 118 valence electrons. The number of aryl methyl sites for hydroxylation is 3. The molecule has 1 atom stereocenters. The van der Waals surface area contributed by atoms with Crippen LogP contribution >= 0.6 is 11.3 Å². The zero-order valence-electron chi connectivity index (χ0n) is 13.4. The first kappa shape index (κ1) is 15.2. The summed E-state index contributed by atoms with van der Waals surface area (Å²) in [7, 11) is 1.87. The second-order valence-corrected chi connectivity index (χ2v) is 7.31. The van der Waals surface area contributed by atoms with Crippen molar-refractivity contribution in [3.05, 3.63) is 33.5 Å². The summed E-state index contributed by atoms with van der Waals surface area (Å²) < 4.78 is 1.74. The second kappa shape index (κ2) is 6.20. The van der Waals surface area contributed by atoms with E-state index in [1.807, 2.05) is 18.1 Å². The summed E-state index contributed by atoms with van der Waals surface area (Å²) in [6.07, 6.45) is 6.31. The summed E-state index contributed by atoms with van der Waals surface area (Å²) in [5.74, 6) is 0.590. The van der Waals surface area contributed by atoms with Gasteiger partial charge in [0.05, 0.1) is 23.3 Å². The molecule has 0 saturated carbocycles. The van der Waals surface area contributed by atoms with Crippen LogP contribution in [0, 0.1) is 13.8 Å². The van der Waals surface area contributed by atoms with Gasteiger partial charge in [-0.15, -0.1) is 11.3 Å². The molecule has 1 aliphatic rings. The van der Waals surface area contributed by atoms with Crippen molar-refractivity contribution < 1.29 is 4.79 Å². The number of likely N-dealkylation sites (tertiary alicyclic amines) is 1. The minimum atomic E-state index is 0.197. The number of hydrogen-bond donors (Lipinski definition) is 0. The maximum atomic E-state index is 12.5. The Kier molecular flexibility index (Phi) is 4.29. The molecule has 0 N–H and O–H groups in total. The van der Waals surface area contributed by atoms with Gasteiger partial charge in [-0.2, -0.15) is 5.10 Å². The predicted molar refractivity (Wildman–Crippen MR) is 87.1 cm³/mol. The molecule has 0 unspecified atom stereocenters. The topological polar surface area (TPSA) is 51.0 Å². The van der Waals surface area contributed by atoms with Gasteiger partial charge < -0.3 is 4.90 Å². The van der Waals surface area contributed by atoms with E-state index in [0.29, 0.717) is 12.3 Å². The van der Waals surface area contributed by atoms with Crippen LogP contribution in [0.1, 0.15) is 39.9 Å². The molecule has 6 heteroatoms. The molecule has 2 aromatic heterocycles. The first-order valence-corrected chi connectivity index (χ1v) is 8.54. The van der Waals surface area contributed by atoms with Crippen LogP contribution in [-0.4, -0.2) is 38.7 Å². The maximum absolute atomic E-state index is 12.5. The highest BCUT2D eigenvalue weighted by molar-refractivity contribution is 7.11. The first-order valence-electron chi connectivity index (χ1n) is 7.72. The lowest BCUT2D eigenvalue weighted by molar-refractivity contribution is -0.131. The van der Waals surface area contributed by atoms with Crippen molar-refractivity contribution in [2.45, 2.75) is 39.0 Å². The van der Waals surface area contributed by atoms with Crippen molar-refractivity contribution in [1.29, 1.82) is 0 Å². The van der Waals surface area contributed by atoms with Gasteiger partial charge in [0.15, 0.2) is 0 Å². The molecular weight excluding hydrogens is 296 g/mol. The third-order valence-electron chi connectivity index (χ3n) is 4.28. The van der Waals surface area contributed by atoms with E-state index in [9.17, 15) is 4.79 Å². The second-order valence-electron chi connectivity index (χ2n) is 6.07. The van der Waals surface area contributed by atoms with Gasteiger partial charge in [-0.1, -0.05) is 0 Å². The van der Waals surface area contributed by atoms with E-state index in [4.69, 9.17) is 0 Å². The van der Waals surface area contributed by atoms with Gasteiger partial charge in [-0.25, -0.2) is 4.98 Å². The number of hydrogen-bond acceptors (Lipinski definition) is 4. The molecule has 0 aliphatic carbocycles. The van der Waals surface area contributed by atoms with Gasteiger partial charge in [-0.05, 0) is 32.3 Å². The van der Waals surface area contributed by atoms with E-state index in [2.05, 4.69) is 23.9 Å². The van der Waals surface area contributed by atoms with E-state index in [1.165, 1.54) is 9.88 Å². The van der Waals surface area contributed by atoms with Gasteiger partial charge in [0.2, 0.25) is 5.91 Å². The smallest absolute Gasteiger partial charge is 0.227 e. The molecular formula is C16H22N4OS. The minimum Gasteiger partial charge on any atom is -0.342 e. The Bertz CT molecular complexity index is 656. The summed E-state index contributed by atoms with van der Waals surface area (Å²) in [4.78, 5) is 20.5.